The second kappa shape index (κ2) is 3.40. The maximum Gasteiger partial charge on any atom is 0.156 e. The van der Waals surface area contributed by atoms with Crippen LogP contribution in [0.25, 0.3) is 0 Å². The van der Waals surface area contributed by atoms with Gasteiger partial charge in [-0.2, -0.15) is 0 Å². The number of carbonyl (C=O) groups is 1. The molecule has 0 fully saturated rings. The van der Waals surface area contributed by atoms with E-state index in [4.69, 9.17) is 5.73 Å². The van der Waals surface area contributed by atoms with Crippen molar-refractivity contribution in [2.45, 2.75) is 13.3 Å². The van der Waals surface area contributed by atoms with Crippen molar-refractivity contribution in [1.29, 1.82) is 0 Å². The molecule has 0 bridgehead atoms. The molecule has 2 heteroatoms. The van der Waals surface area contributed by atoms with Gasteiger partial charge < -0.3 is 5.73 Å². The summed E-state index contributed by atoms with van der Waals surface area (Å²) >= 11 is 0. The van der Waals surface area contributed by atoms with E-state index < -0.39 is 0 Å². The molecule has 0 aromatic carbocycles. The van der Waals surface area contributed by atoms with Gasteiger partial charge in [-0.3, -0.25) is 4.79 Å². The summed E-state index contributed by atoms with van der Waals surface area (Å²) in [5.41, 5.74) is 4.90. The lowest BCUT2D eigenvalue weighted by Gasteiger charge is -1.78. The van der Waals surface area contributed by atoms with Crippen LogP contribution in [0.5, 0.6) is 0 Å². The van der Waals surface area contributed by atoms with Gasteiger partial charge in [-0.25, -0.2) is 0 Å². The summed E-state index contributed by atoms with van der Waals surface area (Å²) in [4.78, 5) is 10.2. The molecule has 0 rings (SSSR count). The number of nitrogens with two attached hydrogens (primary N) is 1. The molecule has 0 aromatic rings. The highest BCUT2D eigenvalue weighted by Gasteiger charge is 1.84. The van der Waals surface area contributed by atoms with Gasteiger partial charge in [0.25, 0.3) is 0 Å². The quantitative estimate of drug-likeness (QED) is 0.510. The molecule has 0 heterocycles. The second-order valence-electron chi connectivity index (χ2n) is 1.18. The molecular weight excluding hydrogens is 90.1 g/mol. The predicted molar refractivity (Wildman–Crippen MR) is 28.6 cm³/mol. The summed E-state index contributed by atoms with van der Waals surface area (Å²) < 4.78 is 0. The van der Waals surface area contributed by atoms with Crippen molar-refractivity contribution in [2.24, 2.45) is 5.73 Å². The van der Waals surface area contributed by atoms with Crippen molar-refractivity contribution in [1.82, 2.24) is 0 Å². The molecule has 0 aliphatic carbocycles. The van der Waals surface area contributed by atoms with E-state index in [-0.39, 0.29) is 5.78 Å². The van der Waals surface area contributed by atoms with Crippen molar-refractivity contribution in [3.63, 3.8) is 0 Å². The monoisotopic (exact) mass is 99.1 g/mol. The lowest BCUT2D eigenvalue weighted by atomic mass is 10.3. The second-order valence-corrected chi connectivity index (χ2v) is 1.18. The Hall–Kier alpha value is -0.790. The van der Waals surface area contributed by atoms with Gasteiger partial charge in [0.05, 0.1) is 0 Å². The van der Waals surface area contributed by atoms with Crippen molar-refractivity contribution in [3.8, 4) is 0 Å². The highest BCUT2D eigenvalue weighted by Crippen LogP contribution is 1.78. The van der Waals surface area contributed by atoms with Crippen LogP contribution in [0.3, 0.4) is 0 Å². The van der Waals surface area contributed by atoms with Crippen molar-refractivity contribution in [3.05, 3.63) is 12.3 Å². The SMILES string of the molecule is CCC(=O)C=CN. The van der Waals surface area contributed by atoms with Crippen LogP contribution in [-0.2, 0) is 4.79 Å². The van der Waals surface area contributed by atoms with Crippen LogP contribution in [0.15, 0.2) is 12.3 Å². The Labute approximate surface area is 43.0 Å². The first-order valence-corrected chi connectivity index (χ1v) is 2.22. The maximum atomic E-state index is 10.2. The summed E-state index contributed by atoms with van der Waals surface area (Å²) in [6.07, 6.45) is 3.15. The zero-order valence-corrected chi connectivity index (χ0v) is 4.35. The molecule has 0 amide bonds. The Morgan fingerprint density at radius 1 is 1.86 bits per heavy atom. The summed E-state index contributed by atoms with van der Waals surface area (Å²) in [7, 11) is 0. The summed E-state index contributed by atoms with van der Waals surface area (Å²) in [5.74, 6) is 0.0718. The molecule has 7 heavy (non-hydrogen) atoms. The third-order valence-electron chi connectivity index (χ3n) is 0.631. The van der Waals surface area contributed by atoms with Crippen LogP contribution in [0.1, 0.15) is 13.3 Å². The van der Waals surface area contributed by atoms with Gasteiger partial charge in [-0.05, 0) is 12.3 Å². The van der Waals surface area contributed by atoms with Crippen LogP contribution in [0.2, 0.25) is 0 Å². The molecule has 0 aliphatic rings. The van der Waals surface area contributed by atoms with Gasteiger partial charge in [0.15, 0.2) is 5.78 Å². The minimum Gasteiger partial charge on any atom is -0.404 e. The van der Waals surface area contributed by atoms with Crippen molar-refractivity contribution in [2.75, 3.05) is 0 Å². The molecule has 0 saturated carbocycles. The Kier molecular flexibility index (Phi) is 3.02. The van der Waals surface area contributed by atoms with Crippen molar-refractivity contribution >= 4 is 5.78 Å². The Bertz CT molecular complexity index is 86.1. The minimum absolute atomic E-state index is 0.0718. The van der Waals surface area contributed by atoms with Gasteiger partial charge in [0, 0.05) is 6.42 Å². The largest absolute Gasteiger partial charge is 0.404 e. The smallest absolute Gasteiger partial charge is 0.156 e. The number of rotatable bonds is 2. The van der Waals surface area contributed by atoms with Crippen LogP contribution >= 0.6 is 0 Å². The van der Waals surface area contributed by atoms with E-state index in [2.05, 4.69) is 0 Å². The van der Waals surface area contributed by atoms with Crippen LogP contribution < -0.4 is 5.73 Å². The standard InChI is InChI=1S/C5H9NO/c1-2-5(7)3-4-6/h3-4H,2,6H2,1H3. The Balaban J connectivity index is 3.37. The van der Waals surface area contributed by atoms with Gasteiger partial charge >= 0.3 is 0 Å². The molecule has 0 spiro atoms. The third kappa shape index (κ3) is 3.03. The highest BCUT2D eigenvalue weighted by atomic mass is 16.1. The molecule has 0 unspecified atom stereocenters. The number of hydrogen-bond donors (Lipinski definition) is 1. The van der Waals surface area contributed by atoms with Crippen LogP contribution in [0, 0.1) is 0 Å². The minimum atomic E-state index is 0.0718. The molecule has 40 valence electrons. The maximum absolute atomic E-state index is 10.2. The number of hydrogen-bond acceptors (Lipinski definition) is 2. The molecule has 0 radical (unpaired) electrons. The average Bonchev–Trinajstić information content (AvgIpc) is 1.68. The van der Waals surface area contributed by atoms with Gasteiger partial charge in [-0.1, -0.05) is 6.92 Å². The Morgan fingerprint density at radius 2 is 2.43 bits per heavy atom. The van der Waals surface area contributed by atoms with E-state index in [9.17, 15) is 4.79 Å². The lowest BCUT2D eigenvalue weighted by molar-refractivity contribution is -0.114. The first kappa shape index (κ1) is 6.21. The summed E-state index contributed by atoms with van der Waals surface area (Å²) in [5, 5.41) is 0. The molecule has 0 saturated heterocycles. The summed E-state index contributed by atoms with van der Waals surface area (Å²) in [6.45, 7) is 1.79. The fraction of sp³-hybridized carbons (Fsp3) is 0.400. The topological polar surface area (TPSA) is 43.1 Å². The number of carbonyl (C=O) groups excluding carboxylic acids is 1. The zero-order chi connectivity index (χ0) is 5.70. The van der Waals surface area contributed by atoms with Crippen LogP contribution in [-0.4, -0.2) is 5.78 Å². The first-order valence-electron chi connectivity index (χ1n) is 2.22. The lowest BCUT2D eigenvalue weighted by Crippen LogP contribution is -1.89. The molecule has 0 atom stereocenters. The van der Waals surface area contributed by atoms with Gasteiger partial charge in [0.2, 0.25) is 0 Å². The number of allylic oxidation sites excluding steroid dienone is 1. The summed E-state index contributed by atoms with van der Waals surface area (Å²) in [6, 6.07) is 0. The van der Waals surface area contributed by atoms with Crippen molar-refractivity contribution < 1.29 is 4.79 Å². The fourth-order valence-corrected chi connectivity index (χ4v) is 0.225. The first-order chi connectivity index (χ1) is 3.31. The molecular formula is C5H9NO. The van der Waals surface area contributed by atoms with Gasteiger partial charge in [0.1, 0.15) is 0 Å². The van der Waals surface area contributed by atoms with E-state index in [1.807, 2.05) is 0 Å². The average molecular weight is 99.1 g/mol. The number of ketones is 1. The van der Waals surface area contributed by atoms with E-state index in [1.54, 1.807) is 6.92 Å². The van der Waals surface area contributed by atoms with E-state index in [0.717, 1.165) is 0 Å². The fourth-order valence-electron chi connectivity index (χ4n) is 0.225. The van der Waals surface area contributed by atoms with Crippen LogP contribution in [0.4, 0.5) is 0 Å². The molecule has 0 aliphatic heterocycles. The van der Waals surface area contributed by atoms with E-state index >= 15 is 0 Å². The molecule has 0 aromatic heterocycles. The normalized spacial score (nSPS) is 9.86. The predicted octanol–water partition coefficient (Wildman–Crippen LogP) is 0.438. The van der Waals surface area contributed by atoms with E-state index in [1.165, 1.54) is 12.3 Å². The zero-order valence-electron chi connectivity index (χ0n) is 4.35. The molecule has 2 N–H and O–H groups in total. The highest BCUT2D eigenvalue weighted by molar-refractivity contribution is 5.89. The van der Waals surface area contributed by atoms with Gasteiger partial charge in [-0.15, -0.1) is 0 Å². The molecule has 2 nitrogen and oxygen atoms in total. The Morgan fingerprint density at radius 3 is 2.57 bits per heavy atom. The van der Waals surface area contributed by atoms with E-state index in [0.29, 0.717) is 6.42 Å². The third-order valence-corrected chi connectivity index (χ3v) is 0.631.